The molecule has 0 amide bonds. The van der Waals surface area contributed by atoms with Crippen LogP contribution in [0.1, 0.15) is 23.7 Å². The van der Waals surface area contributed by atoms with Gasteiger partial charge in [-0.15, -0.1) is 0 Å². The van der Waals surface area contributed by atoms with E-state index in [1.54, 1.807) is 13.0 Å². The molecule has 0 heterocycles. The number of carbonyl (C=O) groups is 1. The Morgan fingerprint density at radius 3 is 2.71 bits per heavy atom. The fourth-order valence-corrected chi connectivity index (χ4v) is 1.33. The Morgan fingerprint density at radius 2 is 2.21 bits per heavy atom. The largest absolute Gasteiger partial charge is 0.481 e. The molecule has 0 spiro atoms. The minimum absolute atomic E-state index is 0.0647. The Hall–Kier alpha value is -1.42. The monoisotopic (exact) mass is 198 g/mol. The van der Waals surface area contributed by atoms with Gasteiger partial charge in [0, 0.05) is 5.56 Å². The molecule has 1 atom stereocenters. The van der Waals surface area contributed by atoms with Crippen LogP contribution in [0.4, 0.5) is 4.39 Å². The molecule has 0 aliphatic heterocycles. The minimum atomic E-state index is -1.28. The topological polar surface area (TPSA) is 57.5 Å². The molecule has 4 heteroatoms. The fourth-order valence-electron chi connectivity index (χ4n) is 1.33. The highest BCUT2D eigenvalue weighted by molar-refractivity contribution is 5.67. The summed E-state index contributed by atoms with van der Waals surface area (Å²) in [5.41, 5.74) is 0.619. The minimum Gasteiger partial charge on any atom is -0.481 e. The SMILES string of the molecule is Cc1cccc(F)c1C(O)CC(=O)O. The van der Waals surface area contributed by atoms with Crippen LogP contribution in [0.5, 0.6) is 0 Å². The number of aliphatic carboxylic acids is 1. The molecule has 0 radical (unpaired) electrons. The van der Waals surface area contributed by atoms with Gasteiger partial charge in [-0.25, -0.2) is 4.39 Å². The van der Waals surface area contributed by atoms with Crippen molar-refractivity contribution in [1.29, 1.82) is 0 Å². The van der Waals surface area contributed by atoms with E-state index >= 15 is 0 Å². The normalized spacial score (nSPS) is 12.5. The average molecular weight is 198 g/mol. The molecule has 1 rings (SSSR count). The van der Waals surface area contributed by atoms with Gasteiger partial charge < -0.3 is 10.2 Å². The number of halogens is 1. The molecule has 0 aliphatic carbocycles. The van der Waals surface area contributed by atoms with Crippen LogP contribution in [-0.4, -0.2) is 16.2 Å². The maximum absolute atomic E-state index is 13.2. The van der Waals surface area contributed by atoms with Gasteiger partial charge in [0.1, 0.15) is 5.82 Å². The zero-order valence-corrected chi connectivity index (χ0v) is 7.70. The standard InChI is InChI=1S/C10H11FO3/c1-6-3-2-4-7(11)10(6)8(12)5-9(13)14/h2-4,8,12H,5H2,1H3,(H,13,14). The quantitative estimate of drug-likeness (QED) is 0.776. The van der Waals surface area contributed by atoms with Crippen LogP contribution in [0.15, 0.2) is 18.2 Å². The molecule has 0 saturated heterocycles. The van der Waals surface area contributed by atoms with Crippen molar-refractivity contribution < 1.29 is 19.4 Å². The third-order valence-electron chi connectivity index (χ3n) is 1.97. The van der Waals surface area contributed by atoms with Crippen molar-refractivity contribution in [3.05, 3.63) is 35.1 Å². The van der Waals surface area contributed by atoms with E-state index in [1.807, 2.05) is 0 Å². The number of hydrogen-bond acceptors (Lipinski definition) is 2. The number of benzene rings is 1. The Kier molecular flexibility index (Phi) is 3.19. The molecule has 1 aromatic rings. The Bertz CT molecular complexity index is 329. The number of aryl methyl sites for hydroxylation is 1. The first-order valence-corrected chi connectivity index (χ1v) is 4.17. The van der Waals surface area contributed by atoms with Crippen molar-refractivity contribution in [3.63, 3.8) is 0 Å². The van der Waals surface area contributed by atoms with Gasteiger partial charge in [0.2, 0.25) is 0 Å². The van der Waals surface area contributed by atoms with Crippen molar-refractivity contribution in [1.82, 2.24) is 0 Å². The highest BCUT2D eigenvalue weighted by Crippen LogP contribution is 2.23. The number of hydrogen-bond donors (Lipinski definition) is 2. The number of aliphatic hydroxyl groups excluding tert-OH is 1. The Balaban J connectivity index is 2.99. The molecular formula is C10H11FO3. The molecule has 1 unspecified atom stereocenters. The van der Waals surface area contributed by atoms with Crippen LogP contribution < -0.4 is 0 Å². The predicted octanol–water partition coefficient (Wildman–Crippen LogP) is 1.64. The third kappa shape index (κ3) is 2.29. The second-order valence-corrected chi connectivity index (χ2v) is 3.08. The first-order chi connectivity index (χ1) is 6.52. The summed E-state index contributed by atoms with van der Waals surface area (Å²) in [5, 5.41) is 17.9. The Labute approximate surface area is 80.8 Å². The van der Waals surface area contributed by atoms with Crippen molar-refractivity contribution >= 4 is 5.97 Å². The summed E-state index contributed by atoms with van der Waals surface area (Å²) in [4.78, 5) is 10.3. The van der Waals surface area contributed by atoms with Gasteiger partial charge in [-0.2, -0.15) is 0 Å². The number of aliphatic hydroxyl groups is 1. The maximum atomic E-state index is 13.2. The maximum Gasteiger partial charge on any atom is 0.306 e. The van der Waals surface area contributed by atoms with E-state index in [2.05, 4.69) is 0 Å². The molecule has 14 heavy (non-hydrogen) atoms. The predicted molar refractivity (Wildman–Crippen MR) is 48.3 cm³/mol. The average Bonchev–Trinajstić information content (AvgIpc) is 2.01. The van der Waals surface area contributed by atoms with Gasteiger partial charge in [0.05, 0.1) is 12.5 Å². The summed E-state index contributed by atoms with van der Waals surface area (Å²) < 4.78 is 13.2. The smallest absolute Gasteiger partial charge is 0.306 e. The molecule has 0 saturated carbocycles. The molecule has 0 aliphatic rings. The fraction of sp³-hybridized carbons (Fsp3) is 0.300. The lowest BCUT2D eigenvalue weighted by molar-refractivity contribution is -0.139. The first kappa shape index (κ1) is 10.7. The van der Waals surface area contributed by atoms with E-state index in [0.717, 1.165) is 0 Å². The molecule has 0 bridgehead atoms. The van der Waals surface area contributed by atoms with Gasteiger partial charge in [0.25, 0.3) is 0 Å². The molecule has 0 aromatic heterocycles. The van der Waals surface area contributed by atoms with E-state index in [1.165, 1.54) is 12.1 Å². The van der Waals surface area contributed by atoms with Crippen LogP contribution in [0.2, 0.25) is 0 Å². The van der Waals surface area contributed by atoms with Crippen LogP contribution in [0.3, 0.4) is 0 Å². The number of rotatable bonds is 3. The lowest BCUT2D eigenvalue weighted by Gasteiger charge is -2.12. The lowest BCUT2D eigenvalue weighted by Crippen LogP contribution is -2.08. The number of carboxylic acids is 1. The van der Waals surface area contributed by atoms with E-state index in [4.69, 9.17) is 5.11 Å². The highest BCUT2D eigenvalue weighted by atomic mass is 19.1. The summed E-state index contributed by atoms with van der Waals surface area (Å²) in [6, 6.07) is 4.35. The first-order valence-electron chi connectivity index (χ1n) is 4.17. The summed E-state index contributed by atoms with van der Waals surface area (Å²) in [5.74, 6) is -1.72. The third-order valence-corrected chi connectivity index (χ3v) is 1.97. The van der Waals surface area contributed by atoms with Gasteiger partial charge >= 0.3 is 5.97 Å². The Morgan fingerprint density at radius 1 is 1.57 bits per heavy atom. The van der Waals surface area contributed by atoms with E-state index in [0.29, 0.717) is 5.56 Å². The van der Waals surface area contributed by atoms with Crippen molar-refractivity contribution in [2.75, 3.05) is 0 Å². The zero-order valence-electron chi connectivity index (χ0n) is 7.70. The van der Waals surface area contributed by atoms with Gasteiger partial charge in [-0.1, -0.05) is 12.1 Å². The second-order valence-electron chi connectivity index (χ2n) is 3.08. The van der Waals surface area contributed by atoms with Crippen molar-refractivity contribution in [3.8, 4) is 0 Å². The molecule has 0 fully saturated rings. The van der Waals surface area contributed by atoms with Crippen LogP contribution in [-0.2, 0) is 4.79 Å². The van der Waals surface area contributed by atoms with Gasteiger partial charge in [0.15, 0.2) is 0 Å². The van der Waals surface area contributed by atoms with Gasteiger partial charge in [-0.3, -0.25) is 4.79 Å². The summed E-state index contributed by atoms with van der Waals surface area (Å²) >= 11 is 0. The van der Waals surface area contributed by atoms with Crippen LogP contribution in [0.25, 0.3) is 0 Å². The second kappa shape index (κ2) is 4.19. The van der Waals surface area contributed by atoms with Gasteiger partial charge in [-0.05, 0) is 18.6 Å². The molecular weight excluding hydrogens is 187 g/mol. The summed E-state index contributed by atoms with van der Waals surface area (Å²) in [6.07, 6.45) is -1.77. The van der Waals surface area contributed by atoms with Crippen LogP contribution >= 0.6 is 0 Å². The molecule has 2 N–H and O–H groups in total. The molecule has 3 nitrogen and oxygen atoms in total. The lowest BCUT2D eigenvalue weighted by atomic mass is 10.0. The van der Waals surface area contributed by atoms with E-state index in [9.17, 15) is 14.3 Å². The van der Waals surface area contributed by atoms with Crippen molar-refractivity contribution in [2.24, 2.45) is 0 Å². The van der Waals surface area contributed by atoms with Crippen molar-refractivity contribution in [2.45, 2.75) is 19.4 Å². The highest BCUT2D eigenvalue weighted by Gasteiger charge is 2.17. The summed E-state index contributed by atoms with van der Waals surface area (Å²) in [7, 11) is 0. The van der Waals surface area contributed by atoms with Crippen LogP contribution in [0, 0.1) is 12.7 Å². The molecule has 1 aromatic carbocycles. The zero-order chi connectivity index (χ0) is 10.7. The summed E-state index contributed by atoms with van der Waals surface area (Å²) in [6.45, 7) is 1.63. The van der Waals surface area contributed by atoms with E-state index in [-0.39, 0.29) is 5.56 Å². The molecule has 76 valence electrons. The number of carboxylic acid groups (broad SMARTS) is 1. The van der Waals surface area contributed by atoms with E-state index < -0.39 is 24.3 Å².